The van der Waals surface area contributed by atoms with Crippen LogP contribution >= 0.6 is 0 Å². The van der Waals surface area contributed by atoms with E-state index in [9.17, 15) is 0 Å². The van der Waals surface area contributed by atoms with E-state index in [-0.39, 0.29) is 20.4 Å². The van der Waals surface area contributed by atoms with Gasteiger partial charge in [-0.15, -0.1) is 0 Å². The number of hydrogen-bond donors (Lipinski definition) is 0. The Morgan fingerprint density at radius 3 is 0.651 bits per heavy atom. The van der Waals surface area contributed by atoms with Gasteiger partial charge in [0, 0.05) is 19.8 Å². The molecule has 0 fully saturated rings. The molecule has 0 aliphatic heterocycles. The predicted molar refractivity (Wildman–Crippen MR) is 156 cm³/mol. The summed E-state index contributed by atoms with van der Waals surface area (Å²) in [6.07, 6.45) is 0. The van der Waals surface area contributed by atoms with E-state index in [4.69, 9.17) is 70.8 Å². The average Bonchev–Trinajstić information content (AvgIpc) is 3.02. The van der Waals surface area contributed by atoms with Crippen LogP contribution in [-0.4, -0.2) is 166 Å². The molecule has 258 valence electrons. The van der Waals surface area contributed by atoms with Gasteiger partial charge in [-0.05, 0) is 20.8 Å². The molecule has 0 rings (SSSR count). The van der Waals surface area contributed by atoms with Crippen LogP contribution in [0.25, 0.3) is 0 Å². The van der Waals surface area contributed by atoms with Gasteiger partial charge >= 0.3 is 7.32 Å². The predicted octanol–water partition coefficient (Wildman–Crippen LogP) is 1.15. The van der Waals surface area contributed by atoms with Crippen LogP contribution in [0, 0.1) is 0 Å². The minimum absolute atomic E-state index is 0.0717. The van der Waals surface area contributed by atoms with E-state index < -0.39 is 7.32 Å². The zero-order valence-corrected chi connectivity index (χ0v) is 26.7. The van der Waals surface area contributed by atoms with Gasteiger partial charge in [-0.2, -0.15) is 0 Å². The maximum absolute atomic E-state index is 5.49. The van der Waals surface area contributed by atoms with E-state index in [1.54, 1.807) is 0 Å². The van der Waals surface area contributed by atoms with Crippen LogP contribution in [0.4, 0.5) is 0 Å². The first-order valence-electron chi connectivity index (χ1n) is 15.1. The third-order valence-corrected chi connectivity index (χ3v) is 4.82. The van der Waals surface area contributed by atoms with Crippen molar-refractivity contribution in [3.05, 3.63) is 0 Å². The Labute approximate surface area is 258 Å². The molecule has 15 nitrogen and oxygen atoms in total. The molecule has 0 atom stereocenters. The van der Waals surface area contributed by atoms with Crippen LogP contribution in [0.1, 0.15) is 20.8 Å². The molecule has 0 aromatic rings. The maximum Gasteiger partial charge on any atom is 0.644 e. The van der Waals surface area contributed by atoms with E-state index in [1.807, 2.05) is 20.8 Å². The lowest BCUT2D eigenvalue weighted by Gasteiger charge is -2.15. The third kappa shape index (κ3) is 37.6. The molecule has 0 saturated heterocycles. The average molecular weight is 633 g/mol. The summed E-state index contributed by atoms with van der Waals surface area (Å²) in [5, 5.41) is 0. The fourth-order valence-electron chi connectivity index (χ4n) is 2.74. The maximum atomic E-state index is 5.49. The molecule has 0 aliphatic carbocycles. The van der Waals surface area contributed by atoms with Crippen molar-refractivity contribution in [1.29, 1.82) is 0 Å². The Morgan fingerprint density at radius 1 is 0.256 bits per heavy atom. The molecule has 0 aromatic carbocycles. The summed E-state index contributed by atoms with van der Waals surface area (Å²) in [5.41, 5.74) is 0. The number of rotatable bonds is 39. The Kier molecular flexibility index (Phi) is 39.0. The Morgan fingerprint density at radius 2 is 0.442 bits per heavy atom. The Hall–Kier alpha value is -0.535. The van der Waals surface area contributed by atoms with E-state index in [0.717, 1.165) is 0 Å². The highest BCUT2D eigenvalue weighted by atomic mass is 16.8. The topological polar surface area (TPSA) is 138 Å². The molecule has 43 heavy (non-hydrogen) atoms. The molecule has 0 saturated carbocycles. The van der Waals surface area contributed by atoms with E-state index in [1.165, 1.54) is 0 Å². The molecular weight excluding hydrogens is 575 g/mol. The van der Waals surface area contributed by atoms with Gasteiger partial charge in [0.25, 0.3) is 0 Å². The lowest BCUT2D eigenvalue weighted by atomic mass is 10.2. The second-order valence-corrected chi connectivity index (χ2v) is 8.13. The van der Waals surface area contributed by atoms with Crippen LogP contribution in [0.2, 0.25) is 0 Å². The summed E-state index contributed by atoms with van der Waals surface area (Å²) in [6.45, 7) is 16.1. The summed E-state index contributed by atoms with van der Waals surface area (Å²) >= 11 is 0. The third-order valence-electron chi connectivity index (χ3n) is 4.82. The van der Waals surface area contributed by atoms with Crippen molar-refractivity contribution in [3.63, 3.8) is 0 Å². The second kappa shape index (κ2) is 39.5. The van der Waals surface area contributed by atoms with Crippen LogP contribution in [-0.2, 0) is 70.8 Å². The van der Waals surface area contributed by atoms with Crippen LogP contribution < -0.4 is 0 Å². The molecule has 0 amide bonds. The molecule has 0 spiro atoms. The van der Waals surface area contributed by atoms with Gasteiger partial charge in [-0.1, -0.05) is 0 Å². The first-order chi connectivity index (χ1) is 21.3. The quantitative estimate of drug-likeness (QED) is 0.0544. The zero-order valence-electron chi connectivity index (χ0n) is 26.7. The van der Waals surface area contributed by atoms with Gasteiger partial charge in [0.05, 0.1) is 119 Å². The molecule has 16 heteroatoms. The fourth-order valence-corrected chi connectivity index (χ4v) is 2.74. The van der Waals surface area contributed by atoms with E-state index in [2.05, 4.69) is 0 Å². The monoisotopic (exact) mass is 632 g/mol. The van der Waals surface area contributed by atoms with Crippen molar-refractivity contribution < 1.29 is 70.8 Å². The van der Waals surface area contributed by atoms with Crippen LogP contribution in [0.3, 0.4) is 0 Å². The Balaban J connectivity index is 3.90. The van der Waals surface area contributed by atoms with E-state index >= 15 is 0 Å². The standard InChI is InChI=1S/C27H57BO15/c1-4-29-7-10-32-13-16-35-19-22-38-25-41-28(42-26-39-23-20-36-17-14-33-11-8-30-5-2)43-27-40-24-21-37-18-15-34-12-9-31-6-3/h4-27H2,1-3H3. The molecule has 0 aromatic heterocycles. The van der Waals surface area contributed by atoms with Gasteiger partial charge in [0.1, 0.15) is 20.4 Å². The summed E-state index contributed by atoms with van der Waals surface area (Å²) in [6, 6.07) is 0. The first-order valence-corrected chi connectivity index (χ1v) is 15.1. The highest BCUT2D eigenvalue weighted by molar-refractivity contribution is 6.36. The van der Waals surface area contributed by atoms with Gasteiger partial charge in [0.2, 0.25) is 0 Å². The van der Waals surface area contributed by atoms with Crippen molar-refractivity contribution in [2.75, 3.05) is 159 Å². The molecule has 0 aliphatic rings. The second-order valence-electron chi connectivity index (χ2n) is 8.13. The van der Waals surface area contributed by atoms with Gasteiger partial charge in [0.15, 0.2) is 0 Å². The lowest BCUT2D eigenvalue weighted by Crippen LogP contribution is -2.31. The van der Waals surface area contributed by atoms with Crippen molar-refractivity contribution in [1.82, 2.24) is 0 Å². The summed E-state index contributed by atoms with van der Waals surface area (Å²) in [5.74, 6) is 0. The SMILES string of the molecule is CCOCCOCCOCCOCOB(OCOCCOCCOCCOCC)OCOCCOCCOCCOCC. The minimum atomic E-state index is -1.06. The van der Waals surface area contributed by atoms with Gasteiger partial charge in [-0.3, -0.25) is 0 Å². The van der Waals surface area contributed by atoms with Crippen molar-refractivity contribution in [3.8, 4) is 0 Å². The van der Waals surface area contributed by atoms with Crippen molar-refractivity contribution >= 4 is 7.32 Å². The Bertz CT molecular complexity index is 433. The van der Waals surface area contributed by atoms with Gasteiger partial charge < -0.3 is 70.8 Å². The van der Waals surface area contributed by atoms with Crippen molar-refractivity contribution in [2.45, 2.75) is 20.8 Å². The molecular formula is C27H57BO15. The highest BCUT2D eigenvalue weighted by Crippen LogP contribution is 1.96. The van der Waals surface area contributed by atoms with Crippen molar-refractivity contribution in [2.24, 2.45) is 0 Å². The fraction of sp³-hybridized carbons (Fsp3) is 1.00. The molecule has 0 heterocycles. The molecule has 0 N–H and O–H groups in total. The molecule has 0 radical (unpaired) electrons. The van der Waals surface area contributed by atoms with E-state index in [0.29, 0.717) is 139 Å². The number of ether oxygens (including phenoxy) is 12. The highest BCUT2D eigenvalue weighted by Gasteiger charge is 2.21. The zero-order chi connectivity index (χ0) is 31.2. The van der Waals surface area contributed by atoms with Crippen LogP contribution in [0.5, 0.6) is 0 Å². The lowest BCUT2D eigenvalue weighted by molar-refractivity contribution is -0.101. The molecule has 0 unspecified atom stereocenters. The summed E-state index contributed by atoms with van der Waals surface area (Å²) < 4.78 is 80.8. The van der Waals surface area contributed by atoms with Gasteiger partial charge in [-0.25, -0.2) is 0 Å². The summed E-state index contributed by atoms with van der Waals surface area (Å²) in [4.78, 5) is 0. The first kappa shape index (κ1) is 42.5. The molecule has 0 bridgehead atoms. The minimum Gasteiger partial charge on any atom is -0.379 e. The number of hydrogen-bond acceptors (Lipinski definition) is 15. The summed E-state index contributed by atoms with van der Waals surface area (Å²) in [7, 11) is -1.06. The largest absolute Gasteiger partial charge is 0.644 e. The van der Waals surface area contributed by atoms with Crippen LogP contribution in [0.15, 0.2) is 0 Å². The smallest absolute Gasteiger partial charge is 0.379 e. The normalized spacial score (nSPS) is 11.5.